The molecule has 1 aromatic carbocycles. The van der Waals surface area contributed by atoms with Gasteiger partial charge in [0.25, 0.3) is 5.91 Å². The number of hydrogen-bond donors (Lipinski definition) is 0. The highest BCUT2D eigenvalue weighted by Gasteiger charge is 2.21. The van der Waals surface area contributed by atoms with Crippen LogP contribution < -0.4 is 4.74 Å². The second-order valence-electron chi connectivity index (χ2n) is 5.88. The molecule has 0 bridgehead atoms. The largest absolute Gasteiger partial charge is 0.497 e. The summed E-state index contributed by atoms with van der Waals surface area (Å²) in [5, 5.41) is 0. The van der Waals surface area contributed by atoms with Crippen LogP contribution in [0, 0.1) is 0 Å². The van der Waals surface area contributed by atoms with E-state index in [9.17, 15) is 13.2 Å². The van der Waals surface area contributed by atoms with Gasteiger partial charge in [-0.1, -0.05) is 12.1 Å². The van der Waals surface area contributed by atoms with E-state index in [4.69, 9.17) is 4.74 Å². The average molecular weight is 377 g/mol. The lowest BCUT2D eigenvalue weighted by Crippen LogP contribution is -2.37. The van der Waals surface area contributed by atoms with Crippen molar-refractivity contribution in [3.05, 3.63) is 59.9 Å². The van der Waals surface area contributed by atoms with Gasteiger partial charge in [-0.25, -0.2) is 12.7 Å². The number of carbonyl (C=O) groups is 1. The zero-order chi connectivity index (χ0) is 19.2. The van der Waals surface area contributed by atoms with Crippen molar-refractivity contribution in [2.75, 3.05) is 33.5 Å². The third-order valence-electron chi connectivity index (χ3n) is 3.86. The van der Waals surface area contributed by atoms with Gasteiger partial charge in [0.2, 0.25) is 10.0 Å². The van der Waals surface area contributed by atoms with Gasteiger partial charge in [-0.05, 0) is 30.3 Å². The van der Waals surface area contributed by atoms with Crippen molar-refractivity contribution in [3.63, 3.8) is 0 Å². The standard InChI is InChI=1S/C18H23N3O4S/c1-20(2)26(23,24)12-11-21(14-16-8-4-5-10-19-16)18(22)15-7-6-9-17(13-15)25-3/h4-10,13H,11-12,14H2,1-3H3. The van der Waals surface area contributed by atoms with Gasteiger partial charge in [0.1, 0.15) is 5.75 Å². The summed E-state index contributed by atoms with van der Waals surface area (Å²) in [6, 6.07) is 12.2. The van der Waals surface area contributed by atoms with Gasteiger partial charge in [-0.2, -0.15) is 0 Å². The first kappa shape index (κ1) is 19.9. The van der Waals surface area contributed by atoms with E-state index in [1.807, 2.05) is 6.07 Å². The summed E-state index contributed by atoms with van der Waals surface area (Å²) in [7, 11) is 1.06. The second kappa shape index (κ2) is 8.77. The Labute approximate surface area is 154 Å². The minimum atomic E-state index is -3.42. The minimum absolute atomic E-state index is 0.0626. The van der Waals surface area contributed by atoms with E-state index in [-0.39, 0.29) is 24.7 Å². The van der Waals surface area contributed by atoms with Crippen molar-refractivity contribution >= 4 is 15.9 Å². The third kappa shape index (κ3) is 5.27. The van der Waals surface area contributed by atoms with E-state index in [1.54, 1.807) is 42.6 Å². The highest BCUT2D eigenvalue weighted by atomic mass is 32.2. The van der Waals surface area contributed by atoms with E-state index in [0.29, 0.717) is 17.0 Å². The lowest BCUT2D eigenvalue weighted by Gasteiger charge is -2.23. The Morgan fingerprint density at radius 3 is 2.54 bits per heavy atom. The average Bonchev–Trinajstić information content (AvgIpc) is 2.65. The number of hydrogen-bond acceptors (Lipinski definition) is 5. The molecule has 8 heteroatoms. The van der Waals surface area contributed by atoms with E-state index in [0.717, 1.165) is 4.31 Å². The Morgan fingerprint density at radius 2 is 1.92 bits per heavy atom. The maximum atomic E-state index is 12.9. The van der Waals surface area contributed by atoms with Crippen molar-refractivity contribution in [2.45, 2.75) is 6.54 Å². The lowest BCUT2D eigenvalue weighted by molar-refractivity contribution is 0.0751. The van der Waals surface area contributed by atoms with Crippen LogP contribution >= 0.6 is 0 Å². The van der Waals surface area contributed by atoms with Gasteiger partial charge in [0.15, 0.2) is 0 Å². The Hall–Kier alpha value is -2.45. The number of amides is 1. The van der Waals surface area contributed by atoms with Gasteiger partial charge in [0.05, 0.1) is 25.1 Å². The van der Waals surface area contributed by atoms with Gasteiger partial charge >= 0.3 is 0 Å². The van der Waals surface area contributed by atoms with Crippen LogP contribution in [0.3, 0.4) is 0 Å². The second-order valence-corrected chi connectivity index (χ2v) is 8.18. The predicted octanol–water partition coefficient (Wildman–Crippen LogP) is 1.62. The van der Waals surface area contributed by atoms with Crippen LogP contribution in [-0.4, -0.2) is 62.0 Å². The van der Waals surface area contributed by atoms with E-state index < -0.39 is 10.0 Å². The first-order chi connectivity index (χ1) is 12.3. The molecule has 0 aliphatic heterocycles. The maximum absolute atomic E-state index is 12.9. The summed E-state index contributed by atoms with van der Waals surface area (Å²) in [5.74, 6) is 0.126. The molecule has 7 nitrogen and oxygen atoms in total. The van der Waals surface area contributed by atoms with Crippen LogP contribution in [0.2, 0.25) is 0 Å². The van der Waals surface area contributed by atoms with Crippen LogP contribution in [0.25, 0.3) is 0 Å². The molecular weight excluding hydrogens is 354 g/mol. The lowest BCUT2D eigenvalue weighted by atomic mass is 10.2. The number of ether oxygens (including phenoxy) is 1. The number of carbonyl (C=O) groups excluding carboxylic acids is 1. The smallest absolute Gasteiger partial charge is 0.254 e. The van der Waals surface area contributed by atoms with Gasteiger partial charge in [-0.3, -0.25) is 9.78 Å². The van der Waals surface area contributed by atoms with E-state index in [2.05, 4.69) is 4.98 Å². The van der Waals surface area contributed by atoms with Crippen LogP contribution in [0.1, 0.15) is 16.1 Å². The monoisotopic (exact) mass is 377 g/mol. The molecule has 0 aliphatic rings. The summed E-state index contributed by atoms with van der Waals surface area (Å²) in [6.07, 6.45) is 1.64. The Morgan fingerprint density at radius 1 is 1.15 bits per heavy atom. The van der Waals surface area contributed by atoms with E-state index in [1.165, 1.54) is 26.1 Å². The molecule has 1 aromatic heterocycles. The Bertz CT molecular complexity index is 839. The summed E-state index contributed by atoms with van der Waals surface area (Å²) in [4.78, 5) is 18.7. The molecule has 0 saturated heterocycles. The van der Waals surface area contributed by atoms with Crippen molar-refractivity contribution in [1.82, 2.24) is 14.2 Å². The number of nitrogens with zero attached hydrogens (tertiary/aromatic N) is 3. The summed E-state index contributed by atoms with van der Waals surface area (Å²) >= 11 is 0. The zero-order valence-corrected chi connectivity index (χ0v) is 15.9. The molecule has 0 saturated carbocycles. The predicted molar refractivity (Wildman–Crippen MR) is 99.4 cm³/mol. The summed E-state index contributed by atoms with van der Waals surface area (Å²) in [5.41, 5.74) is 1.12. The highest BCUT2D eigenvalue weighted by molar-refractivity contribution is 7.89. The maximum Gasteiger partial charge on any atom is 0.254 e. The fourth-order valence-electron chi connectivity index (χ4n) is 2.29. The summed E-state index contributed by atoms with van der Waals surface area (Å²) in [6.45, 7) is 0.285. The Balaban J connectivity index is 2.25. The molecule has 0 aliphatic carbocycles. The number of sulfonamides is 1. The van der Waals surface area contributed by atoms with E-state index >= 15 is 0 Å². The van der Waals surface area contributed by atoms with Crippen LogP contribution in [0.15, 0.2) is 48.7 Å². The molecular formula is C18H23N3O4S. The van der Waals surface area contributed by atoms with Crippen molar-refractivity contribution in [2.24, 2.45) is 0 Å². The van der Waals surface area contributed by atoms with Crippen LogP contribution in [0.5, 0.6) is 5.75 Å². The molecule has 0 unspecified atom stereocenters. The van der Waals surface area contributed by atoms with Crippen molar-refractivity contribution in [3.8, 4) is 5.75 Å². The highest BCUT2D eigenvalue weighted by Crippen LogP contribution is 2.16. The molecule has 26 heavy (non-hydrogen) atoms. The molecule has 0 radical (unpaired) electrons. The topological polar surface area (TPSA) is 79.8 Å². The number of methoxy groups -OCH3 is 1. The Kier molecular flexibility index (Phi) is 6.70. The fraction of sp³-hybridized carbons (Fsp3) is 0.333. The summed E-state index contributed by atoms with van der Waals surface area (Å²) < 4.78 is 30.5. The zero-order valence-electron chi connectivity index (χ0n) is 15.1. The molecule has 1 heterocycles. The third-order valence-corrected chi connectivity index (χ3v) is 5.67. The first-order valence-corrected chi connectivity index (χ1v) is 9.68. The SMILES string of the molecule is COc1cccc(C(=O)N(CCS(=O)(=O)N(C)C)Cc2ccccn2)c1. The first-order valence-electron chi connectivity index (χ1n) is 8.07. The molecule has 0 fully saturated rings. The molecule has 140 valence electrons. The minimum Gasteiger partial charge on any atom is -0.497 e. The van der Waals surface area contributed by atoms with Crippen LogP contribution in [0.4, 0.5) is 0 Å². The number of pyridine rings is 1. The normalized spacial score (nSPS) is 11.4. The fourth-order valence-corrected chi connectivity index (χ4v) is 3.10. The van der Waals surface area contributed by atoms with Crippen LogP contribution in [-0.2, 0) is 16.6 Å². The van der Waals surface area contributed by atoms with Gasteiger partial charge < -0.3 is 9.64 Å². The van der Waals surface area contributed by atoms with Gasteiger partial charge in [-0.15, -0.1) is 0 Å². The molecule has 0 atom stereocenters. The number of aromatic nitrogens is 1. The molecule has 2 aromatic rings. The number of rotatable bonds is 8. The van der Waals surface area contributed by atoms with Crippen molar-refractivity contribution < 1.29 is 17.9 Å². The number of benzene rings is 1. The van der Waals surface area contributed by atoms with Gasteiger partial charge in [0, 0.05) is 32.4 Å². The molecule has 1 amide bonds. The molecule has 0 N–H and O–H groups in total. The van der Waals surface area contributed by atoms with Crippen molar-refractivity contribution in [1.29, 1.82) is 0 Å². The quantitative estimate of drug-likeness (QED) is 0.698. The molecule has 0 spiro atoms. The molecule has 2 rings (SSSR count).